The Kier molecular flexibility index (Phi) is 1.84. The minimum absolute atomic E-state index is 0.359. The average molecular weight is 192 g/mol. The van der Waals surface area contributed by atoms with Gasteiger partial charge in [-0.05, 0) is 26.8 Å². The normalized spacial score (nSPS) is 10.8. The molecule has 2 heterocycles. The van der Waals surface area contributed by atoms with Crippen LogP contribution < -0.4 is 5.73 Å². The lowest BCUT2D eigenvalue weighted by Gasteiger charge is -1.92. The zero-order valence-corrected chi connectivity index (χ0v) is 8.42. The summed E-state index contributed by atoms with van der Waals surface area (Å²) in [5.74, 6) is 2.05. The Morgan fingerprint density at radius 3 is 2.43 bits per heavy atom. The second-order valence-corrected chi connectivity index (χ2v) is 3.35. The molecule has 0 amide bonds. The Labute approximate surface area is 81.7 Å². The summed E-state index contributed by atoms with van der Waals surface area (Å²) in [6.07, 6.45) is 0. The highest BCUT2D eigenvalue weighted by Gasteiger charge is 2.15. The summed E-state index contributed by atoms with van der Waals surface area (Å²) in [6.45, 7) is 5.67. The van der Waals surface area contributed by atoms with E-state index in [0.717, 1.165) is 28.3 Å². The molecule has 2 rings (SSSR count). The number of hydrogen-bond acceptors (Lipinski definition) is 4. The second kappa shape index (κ2) is 2.90. The molecule has 14 heavy (non-hydrogen) atoms. The van der Waals surface area contributed by atoms with Gasteiger partial charge in [-0.3, -0.25) is 0 Å². The standard InChI is InChI=1S/C10H12N2O2/c1-5-4-8(7(3)13-5)9-6(2)10(11)14-12-9/h4H,11H2,1-3H3. The van der Waals surface area contributed by atoms with Crippen molar-refractivity contribution in [2.75, 3.05) is 5.73 Å². The summed E-state index contributed by atoms with van der Waals surface area (Å²) < 4.78 is 10.3. The Bertz CT molecular complexity index is 468. The molecule has 0 atom stereocenters. The van der Waals surface area contributed by atoms with Crippen LogP contribution in [0.2, 0.25) is 0 Å². The lowest BCUT2D eigenvalue weighted by Crippen LogP contribution is -1.84. The van der Waals surface area contributed by atoms with Crippen LogP contribution in [0.1, 0.15) is 17.1 Å². The van der Waals surface area contributed by atoms with Crippen molar-refractivity contribution in [1.29, 1.82) is 0 Å². The lowest BCUT2D eigenvalue weighted by atomic mass is 10.1. The Morgan fingerprint density at radius 2 is 2.00 bits per heavy atom. The van der Waals surface area contributed by atoms with Crippen LogP contribution >= 0.6 is 0 Å². The Hall–Kier alpha value is -1.71. The molecule has 0 saturated heterocycles. The number of aromatic nitrogens is 1. The quantitative estimate of drug-likeness (QED) is 0.753. The van der Waals surface area contributed by atoms with Gasteiger partial charge in [-0.15, -0.1) is 0 Å². The van der Waals surface area contributed by atoms with Crippen molar-refractivity contribution < 1.29 is 8.94 Å². The number of aryl methyl sites for hydroxylation is 2. The van der Waals surface area contributed by atoms with Gasteiger partial charge in [0.15, 0.2) is 0 Å². The predicted molar refractivity (Wildman–Crippen MR) is 52.8 cm³/mol. The van der Waals surface area contributed by atoms with E-state index >= 15 is 0 Å². The van der Waals surface area contributed by atoms with Crippen molar-refractivity contribution in [2.24, 2.45) is 0 Å². The number of nitrogen functional groups attached to an aromatic ring is 1. The zero-order chi connectivity index (χ0) is 10.3. The third-order valence-corrected chi connectivity index (χ3v) is 2.26. The summed E-state index contributed by atoms with van der Waals surface area (Å²) in [5, 5.41) is 3.90. The molecule has 0 aliphatic rings. The fourth-order valence-electron chi connectivity index (χ4n) is 1.47. The fraction of sp³-hybridized carbons (Fsp3) is 0.300. The first-order valence-electron chi connectivity index (χ1n) is 4.38. The zero-order valence-electron chi connectivity index (χ0n) is 8.42. The van der Waals surface area contributed by atoms with Crippen molar-refractivity contribution in [1.82, 2.24) is 5.16 Å². The Balaban J connectivity index is 2.59. The van der Waals surface area contributed by atoms with Gasteiger partial charge < -0.3 is 14.7 Å². The van der Waals surface area contributed by atoms with Crippen LogP contribution in [0, 0.1) is 20.8 Å². The van der Waals surface area contributed by atoms with E-state index < -0.39 is 0 Å². The van der Waals surface area contributed by atoms with E-state index in [4.69, 9.17) is 14.7 Å². The minimum atomic E-state index is 0.359. The first kappa shape index (κ1) is 8.87. The maximum absolute atomic E-state index is 5.58. The molecule has 2 aromatic heterocycles. The smallest absolute Gasteiger partial charge is 0.225 e. The molecular weight excluding hydrogens is 180 g/mol. The molecule has 0 aliphatic carbocycles. The van der Waals surface area contributed by atoms with Crippen molar-refractivity contribution in [3.8, 4) is 11.3 Å². The molecule has 0 fully saturated rings. The molecule has 4 heteroatoms. The van der Waals surface area contributed by atoms with Gasteiger partial charge in [0.25, 0.3) is 0 Å². The van der Waals surface area contributed by atoms with E-state index in [1.807, 2.05) is 26.8 Å². The molecule has 0 aromatic carbocycles. The van der Waals surface area contributed by atoms with Gasteiger partial charge in [0.2, 0.25) is 5.88 Å². The number of hydrogen-bond donors (Lipinski definition) is 1. The molecule has 0 spiro atoms. The molecule has 0 unspecified atom stereocenters. The van der Waals surface area contributed by atoms with E-state index in [1.165, 1.54) is 0 Å². The van der Waals surface area contributed by atoms with E-state index in [2.05, 4.69) is 5.16 Å². The van der Waals surface area contributed by atoms with Gasteiger partial charge in [0.1, 0.15) is 17.2 Å². The van der Waals surface area contributed by atoms with Crippen molar-refractivity contribution >= 4 is 5.88 Å². The summed E-state index contributed by atoms with van der Waals surface area (Å²) in [6, 6.07) is 1.93. The lowest BCUT2D eigenvalue weighted by molar-refractivity contribution is 0.438. The molecule has 0 aliphatic heterocycles. The van der Waals surface area contributed by atoms with E-state index in [9.17, 15) is 0 Å². The highest BCUT2D eigenvalue weighted by Crippen LogP contribution is 2.30. The second-order valence-electron chi connectivity index (χ2n) is 3.35. The fourth-order valence-corrected chi connectivity index (χ4v) is 1.47. The van der Waals surface area contributed by atoms with Crippen LogP contribution in [0.15, 0.2) is 15.0 Å². The van der Waals surface area contributed by atoms with Crippen LogP contribution in [-0.2, 0) is 0 Å². The average Bonchev–Trinajstić information content (AvgIpc) is 2.59. The van der Waals surface area contributed by atoms with Crippen LogP contribution in [-0.4, -0.2) is 5.16 Å². The monoisotopic (exact) mass is 192 g/mol. The molecular formula is C10H12N2O2. The SMILES string of the molecule is Cc1cc(-c2noc(N)c2C)c(C)o1. The van der Waals surface area contributed by atoms with Crippen LogP contribution in [0.5, 0.6) is 0 Å². The summed E-state index contributed by atoms with van der Waals surface area (Å²) in [5.41, 5.74) is 8.14. The highest BCUT2D eigenvalue weighted by atomic mass is 16.5. The van der Waals surface area contributed by atoms with Gasteiger partial charge in [-0.25, -0.2) is 0 Å². The number of nitrogens with two attached hydrogens (primary N) is 1. The topological polar surface area (TPSA) is 65.2 Å². The van der Waals surface area contributed by atoms with Crippen molar-refractivity contribution in [3.63, 3.8) is 0 Å². The summed E-state index contributed by atoms with van der Waals surface area (Å²) in [7, 11) is 0. The number of furan rings is 1. The van der Waals surface area contributed by atoms with Crippen molar-refractivity contribution in [2.45, 2.75) is 20.8 Å². The summed E-state index contributed by atoms with van der Waals surface area (Å²) >= 11 is 0. The molecule has 2 N–H and O–H groups in total. The third kappa shape index (κ3) is 1.19. The van der Waals surface area contributed by atoms with E-state index in [1.54, 1.807) is 0 Å². The van der Waals surface area contributed by atoms with Gasteiger partial charge in [0.05, 0.1) is 0 Å². The molecule has 0 radical (unpaired) electrons. The first-order chi connectivity index (χ1) is 6.59. The van der Waals surface area contributed by atoms with E-state index in [-0.39, 0.29) is 0 Å². The third-order valence-electron chi connectivity index (χ3n) is 2.26. The first-order valence-corrected chi connectivity index (χ1v) is 4.38. The minimum Gasteiger partial charge on any atom is -0.466 e. The van der Waals surface area contributed by atoms with Crippen LogP contribution in [0.3, 0.4) is 0 Å². The number of anilines is 1. The van der Waals surface area contributed by atoms with Gasteiger partial charge >= 0.3 is 0 Å². The number of nitrogens with zero attached hydrogens (tertiary/aromatic N) is 1. The van der Waals surface area contributed by atoms with Gasteiger partial charge in [-0.1, -0.05) is 5.16 Å². The van der Waals surface area contributed by atoms with Crippen molar-refractivity contribution in [3.05, 3.63) is 23.2 Å². The Morgan fingerprint density at radius 1 is 1.29 bits per heavy atom. The van der Waals surface area contributed by atoms with Gasteiger partial charge in [-0.2, -0.15) is 0 Å². The van der Waals surface area contributed by atoms with Crippen LogP contribution in [0.4, 0.5) is 5.88 Å². The summed E-state index contributed by atoms with van der Waals surface area (Å²) in [4.78, 5) is 0. The molecule has 0 bridgehead atoms. The van der Waals surface area contributed by atoms with Gasteiger partial charge in [0, 0.05) is 11.1 Å². The molecule has 74 valence electrons. The van der Waals surface area contributed by atoms with E-state index in [0.29, 0.717) is 5.88 Å². The van der Waals surface area contributed by atoms with Crippen LogP contribution in [0.25, 0.3) is 11.3 Å². The maximum Gasteiger partial charge on any atom is 0.225 e. The molecule has 2 aromatic rings. The number of rotatable bonds is 1. The maximum atomic E-state index is 5.58. The largest absolute Gasteiger partial charge is 0.466 e. The molecule has 4 nitrogen and oxygen atoms in total. The molecule has 0 saturated carbocycles. The predicted octanol–water partition coefficient (Wildman–Crippen LogP) is 2.44. The highest BCUT2D eigenvalue weighted by molar-refractivity contribution is 5.68.